The first-order valence-electron chi connectivity index (χ1n) is 20.4. The van der Waals surface area contributed by atoms with E-state index in [9.17, 15) is 0 Å². The van der Waals surface area contributed by atoms with Crippen LogP contribution in [0, 0.1) is 0 Å². The molecule has 3 heterocycles. The van der Waals surface area contributed by atoms with E-state index in [-0.39, 0.29) is 0 Å². The van der Waals surface area contributed by atoms with Crippen LogP contribution in [0.25, 0.3) is 115 Å². The van der Waals surface area contributed by atoms with Gasteiger partial charge in [0.15, 0.2) is 0 Å². The molecule has 3 nitrogen and oxygen atoms in total. The van der Waals surface area contributed by atoms with E-state index in [1.807, 2.05) is 0 Å². The van der Waals surface area contributed by atoms with E-state index in [1.54, 1.807) is 0 Å². The number of para-hydroxylation sites is 4. The second-order valence-electron chi connectivity index (χ2n) is 15.7. The number of hydrogen-bond donors (Lipinski definition) is 0. The van der Waals surface area contributed by atoms with Gasteiger partial charge in [0.05, 0.1) is 38.8 Å². The second kappa shape index (κ2) is 12.3. The third kappa shape index (κ3) is 4.53. The highest BCUT2D eigenvalue weighted by Crippen LogP contribution is 2.44. The summed E-state index contributed by atoms with van der Waals surface area (Å²) in [4.78, 5) is 0. The summed E-state index contributed by atoms with van der Waals surface area (Å²) in [5.74, 6) is 0. The van der Waals surface area contributed by atoms with Crippen LogP contribution in [0.2, 0.25) is 0 Å². The fraction of sp³-hybridized carbons (Fsp3) is 0. The van der Waals surface area contributed by atoms with Crippen molar-refractivity contribution in [3.05, 3.63) is 212 Å². The molecule has 0 N–H and O–H groups in total. The van der Waals surface area contributed by atoms with E-state index in [4.69, 9.17) is 0 Å². The lowest BCUT2D eigenvalue weighted by atomic mass is 9.99. The molecule has 274 valence electrons. The SMILES string of the molecule is c1ccc(-n2c3ccccc3c3c(-c4ccc(-n5c6ccccc6c6ccc7c(c8ccccc8n7-c7cc8ccccc8c8ccccc78)c65)cc4)cccc32)cc1. The molecule has 3 heteroatoms. The molecule has 0 spiro atoms. The normalized spacial score (nSPS) is 12.1. The number of rotatable bonds is 4. The van der Waals surface area contributed by atoms with Gasteiger partial charge in [-0.1, -0.05) is 152 Å². The summed E-state index contributed by atoms with van der Waals surface area (Å²) < 4.78 is 7.38. The molecular formula is C56H35N3. The summed E-state index contributed by atoms with van der Waals surface area (Å²) in [6, 6.07) is 77.9. The zero-order valence-corrected chi connectivity index (χ0v) is 32.0. The van der Waals surface area contributed by atoms with Crippen molar-refractivity contribution in [1.82, 2.24) is 13.7 Å². The van der Waals surface area contributed by atoms with Crippen LogP contribution in [0.4, 0.5) is 0 Å². The minimum absolute atomic E-state index is 1.14. The Bertz CT molecular complexity index is 3820. The smallest absolute Gasteiger partial charge is 0.0641 e. The molecule has 0 radical (unpaired) electrons. The van der Waals surface area contributed by atoms with Gasteiger partial charge in [0.2, 0.25) is 0 Å². The molecule has 0 unspecified atom stereocenters. The van der Waals surface area contributed by atoms with Crippen LogP contribution in [-0.2, 0) is 0 Å². The van der Waals surface area contributed by atoms with Crippen LogP contribution in [0.1, 0.15) is 0 Å². The van der Waals surface area contributed by atoms with Crippen LogP contribution in [0.3, 0.4) is 0 Å². The molecule has 59 heavy (non-hydrogen) atoms. The van der Waals surface area contributed by atoms with Gasteiger partial charge in [0, 0.05) is 49.1 Å². The standard InChI is InChI=1S/C56H35N3/c1-2-16-38(17-3-1)57-49-26-12-9-22-46(49)54-41(24-14-28-51(54)57)36-29-31-39(32-30-36)58-48-25-11-8-21-44(48)45-33-34-52-55(56(45)58)47-23-10-13-27-50(47)59(52)53-35-37-15-4-5-18-40(37)42-19-6-7-20-43(42)53/h1-35H. The summed E-state index contributed by atoms with van der Waals surface area (Å²) in [5, 5.41) is 12.6. The van der Waals surface area contributed by atoms with Crippen molar-refractivity contribution < 1.29 is 0 Å². The summed E-state index contributed by atoms with van der Waals surface area (Å²) in [6.07, 6.45) is 0. The Labute approximate surface area is 339 Å². The van der Waals surface area contributed by atoms with Crippen molar-refractivity contribution in [3.8, 4) is 28.2 Å². The number of nitrogens with zero attached hydrogens (tertiary/aromatic N) is 3. The van der Waals surface area contributed by atoms with Crippen LogP contribution >= 0.6 is 0 Å². The number of benzene rings is 10. The highest BCUT2D eigenvalue weighted by Gasteiger charge is 2.22. The van der Waals surface area contributed by atoms with Crippen molar-refractivity contribution in [1.29, 1.82) is 0 Å². The Balaban J connectivity index is 1.07. The van der Waals surface area contributed by atoms with Gasteiger partial charge in [-0.3, -0.25) is 0 Å². The zero-order chi connectivity index (χ0) is 38.6. The maximum atomic E-state index is 2.50. The second-order valence-corrected chi connectivity index (χ2v) is 15.7. The summed E-state index contributed by atoms with van der Waals surface area (Å²) >= 11 is 0. The van der Waals surface area contributed by atoms with Crippen molar-refractivity contribution in [2.24, 2.45) is 0 Å². The molecule has 0 aliphatic rings. The molecule has 13 aromatic rings. The fourth-order valence-electron chi connectivity index (χ4n) is 10.2. The minimum atomic E-state index is 1.14. The average Bonchev–Trinajstić information content (AvgIpc) is 3.95. The van der Waals surface area contributed by atoms with Crippen LogP contribution < -0.4 is 0 Å². The molecule has 0 bridgehead atoms. The first-order valence-corrected chi connectivity index (χ1v) is 20.4. The van der Waals surface area contributed by atoms with Crippen LogP contribution in [-0.4, -0.2) is 13.7 Å². The van der Waals surface area contributed by atoms with Crippen LogP contribution in [0.15, 0.2) is 212 Å². The van der Waals surface area contributed by atoms with E-state index < -0.39 is 0 Å². The van der Waals surface area contributed by atoms with Crippen LogP contribution in [0.5, 0.6) is 0 Å². The molecule has 0 amide bonds. The van der Waals surface area contributed by atoms with E-state index in [0.29, 0.717) is 0 Å². The lowest BCUT2D eigenvalue weighted by Crippen LogP contribution is -1.97. The van der Waals surface area contributed by atoms with Gasteiger partial charge in [-0.15, -0.1) is 0 Å². The summed E-state index contributed by atoms with van der Waals surface area (Å²) in [5.41, 5.74) is 13.2. The highest BCUT2D eigenvalue weighted by atomic mass is 15.0. The Morgan fingerprint density at radius 3 is 1.58 bits per heavy atom. The molecule has 0 aliphatic heterocycles. The van der Waals surface area contributed by atoms with Crippen molar-refractivity contribution >= 4 is 87.0 Å². The predicted octanol–water partition coefficient (Wildman–Crippen LogP) is 15.0. The van der Waals surface area contributed by atoms with E-state index in [1.165, 1.54) is 109 Å². The monoisotopic (exact) mass is 749 g/mol. The molecule has 13 rings (SSSR count). The molecular weight excluding hydrogens is 715 g/mol. The molecule has 0 aliphatic carbocycles. The number of hydrogen-bond acceptors (Lipinski definition) is 0. The largest absolute Gasteiger partial charge is 0.309 e. The molecule has 0 fully saturated rings. The van der Waals surface area contributed by atoms with Crippen molar-refractivity contribution in [2.75, 3.05) is 0 Å². The fourth-order valence-corrected chi connectivity index (χ4v) is 10.2. The zero-order valence-electron chi connectivity index (χ0n) is 32.0. The third-order valence-electron chi connectivity index (χ3n) is 12.6. The first kappa shape index (κ1) is 32.2. The Morgan fingerprint density at radius 1 is 0.271 bits per heavy atom. The number of aromatic nitrogens is 3. The Hall–Kier alpha value is -7.88. The molecule has 10 aromatic carbocycles. The minimum Gasteiger partial charge on any atom is -0.309 e. The van der Waals surface area contributed by atoms with Crippen molar-refractivity contribution in [2.45, 2.75) is 0 Å². The van der Waals surface area contributed by atoms with Gasteiger partial charge in [-0.2, -0.15) is 0 Å². The third-order valence-corrected chi connectivity index (χ3v) is 12.6. The lowest BCUT2D eigenvalue weighted by Gasteiger charge is -2.14. The predicted molar refractivity (Wildman–Crippen MR) is 250 cm³/mol. The maximum Gasteiger partial charge on any atom is 0.0641 e. The van der Waals surface area contributed by atoms with Gasteiger partial charge < -0.3 is 13.7 Å². The number of fused-ring (bicyclic) bond motifs is 13. The van der Waals surface area contributed by atoms with Gasteiger partial charge in [-0.25, -0.2) is 0 Å². The highest BCUT2D eigenvalue weighted by molar-refractivity contribution is 6.27. The Kier molecular flexibility index (Phi) is 6.72. The van der Waals surface area contributed by atoms with E-state index in [2.05, 4.69) is 226 Å². The lowest BCUT2D eigenvalue weighted by molar-refractivity contribution is 1.18. The van der Waals surface area contributed by atoms with E-state index in [0.717, 1.165) is 5.69 Å². The van der Waals surface area contributed by atoms with Crippen molar-refractivity contribution in [3.63, 3.8) is 0 Å². The van der Waals surface area contributed by atoms with Gasteiger partial charge in [0.1, 0.15) is 0 Å². The van der Waals surface area contributed by atoms with Gasteiger partial charge in [0.25, 0.3) is 0 Å². The molecule has 0 saturated heterocycles. The first-order chi connectivity index (χ1) is 29.3. The molecule has 0 atom stereocenters. The van der Waals surface area contributed by atoms with Gasteiger partial charge in [-0.05, 0) is 87.9 Å². The summed E-state index contributed by atoms with van der Waals surface area (Å²) in [7, 11) is 0. The quantitative estimate of drug-likeness (QED) is 0.159. The maximum absolute atomic E-state index is 2.50. The topological polar surface area (TPSA) is 14.8 Å². The van der Waals surface area contributed by atoms with Gasteiger partial charge >= 0.3 is 0 Å². The van der Waals surface area contributed by atoms with E-state index >= 15 is 0 Å². The summed E-state index contributed by atoms with van der Waals surface area (Å²) in [6.45, 7) is 0. The molecule has 3 aromatic heterocycles. The average molecular weight is 750 g/mol. The Morgan fingerprint density at radius 2 is 0.814 bits per heavy atom. The molecule has 0 saturated carbocycles.